The van der Waals surface area contributed by atoms with Crippen LogP contribution in [0, 0.1) is 0 Å². The topological polar surface area (TPSA) is 106 Å². The minimum absolute atomic E-state index is 0.201. The average molecular weight is 382 g/mol. The second kappa shape index (κ2) is 9.09. The van der Waals surface area contributed by atoms with E-state index < -0.39 is 12.0 Å². The number of nitrogens with one attached hydrogen (secondary N) is 1. The lowest BCUT2D eigenvalue weighted by atomic mass is 10.1. The Balaban J connectivity index is 1.57. The second-order valence-corrected chi connectivity index (χ2v) is 6.28. The van der Waals surface area contributed by atoms with E-state index in [0.29, 0.717) is 29.6 Å². The van der Waals surface area contributed by atoms with Crippen molar-refractivity contribution in [3.63, 3.8) is 0 Å². The van der Waals surface area contributed by atoms with E-state index in [0.717, 1.165) is 5.56 Å². The molecule has 3 aromatic rings. The summed E-state index contributed by atoms with van der Waals surface area (Å²) < 4.78 is 6.95. The van der Waals surface area contributed by atoms with Crippen LogP contribution in [0.5, 0.6) is 5.75 Å². The molecule has 0 aliphatic rings. The Morgan fingerprint density at radius 1 is 1.21 bits per heavy atom. The Morgan fingerprint density at radius 2 is 1.96 bits per heavy atom. The van der Waals surface area contributed by atoms with Crippen LogP contribution in [0.25, 0.3) is 10.9 Å². The van der Waals surface area contributed by atoms with Crippen molar-refractivity contribution in [1.29, 1.82) is 0 Å². The molecule has 2 N–H and O–H groups in total. The summed E-state index contributed by atoms with van der Waals surface area (Å²) in [5.74, 6) is -0.231. The zero-order valence-corrected chi connectivity index (χ0v) is 15.5. The fourth-order valence-electron chi connectivity index (χ4n) is 2.87. The third kappa shape index (κ3) is 4.72. The maximum atomic E-state index is 12.4. The summed E-state index contributed by atoms with van der Waals surface area (Å²) in [5.41, 5.74) is 1.27. The van der Waals surface area contributed by atoms with Gasteiger partial charge in [0.25, 0.3) is 5.56 Å². The summed E-state index contributed by atoms with van der Waals surface area (Å²) in [7, 11) is 0. The molecule has 3 rings (SSSR count). The van der Waals surface area contributed by atoms with Crippen molar-refractivity contribution in [2.45, 2.75) is 25.9 Å². The highest BCUT2D eigenvalue weighted by atomic mass is 16.5. The molecule has 1 atom stereocenters. The van der Waals surface area contributed by atoms with Crippen molar-refractivity contribution in [3.05, 3.63) is 64.4 Å². The normalized spacial score (nSPS) is 12.0. The minimum atomic E-state index is -0.871. The Labute approximate surface area is 161 Å². The standard InChI is InChI=1S/C20H22N4O4/c1-2-21-18(20(26)27)13-14-7-9-15(10-8-14)28-12-11-24-19(25)16-5-3-4-6-17(16)22-23-24/h3-10,18,21H,2,11-13H2,1H3,(H,26,27). The number of carbonyl (C=O) groups is 1. The number of nitrogens with zero attached hydrogens (tertiary/aromatic N) is 3. The number of likely N-dealkylation sites (N-methyl/N-ethyl adjacent to an activating group) is 1. The van der Waals surface area contributed by atoms with E-state index in [4.69, 9.17) is 4.74 Å². The van der Waals surface area contributed by atoms with E-state index in [-0.39, 0.29) is 18.7 Å². The fourth-order valence-corrected chi connectivity index (χ4v) is 2.87. The molecule has 0 amide bonds. The van der Waals surface area contributed by atoms with E-state index in [9.17, 15) is 14.7 Å². The zero-order chi connectivity index (χ0) is 19.9. The minimum Gasteiger partial charge on any atom is -0.492 e. The highest BCUT2D eigenvalue weighted by molar-refractivity contribution is 5.76. The maximum Gasteiger partial charge on any atom is 0.321 e. The molecule has 1 aromatic heterocycles. The summed E-state index contributed by atoms with van der Waals surface area (Å²) in [6.45, 7) is 3.01. The van der Waals surface area contributed by atoms with Crippen molar-refractivity contribution < 1.29 is 14.6 Å². The van der Waals surface area contributed by atoms with Gasteiger partial charge in [-0.15, -0.1) is 5.10 Å². The Bertz CT molecular complexity index is 1000. The smallest absolute Gasteiger partial charge is 0.321 e. The number of hydrogen-bond donors (Lipinski definition) is 2. The Morgan fingerprint density at radius 3 is 2.68 bits per heavy atom. The lowest BCUT2D eigenvalue weighted by Crippen LogP contribution is -2.38. The van der Waals surface area contributed by atoms with Gasteiger partial charge in [0, 0.05) is 0 Å². The molecule has 0 saturated heterocycles. The number of aliphatic carboxylic acids is 1. The summed E-state index contributed by atoms with van der Waals surface area (Å²) in [4.78, 5) is 23.6. The van der Waals surface area contributed by atoms with Gasteiger partial charge in [-0.05, 0) is 42.8 Å². The number of fused-ring (bicyclic) bond motifs is 1. The van der Waals surface area contributed by atoms with Gasteiger partial charge in [-0.3, -0.25) is 9.59 Å². The first-order valence-electron chi connectivity index (χ1n) is 9.09. The SMILES string of the molecule is CCNC(Cc1ccc(OCCn2nnc3ccccc3c2=O)cc1)C(=O)O. The van der Waals surface area contributed by atoms with Gasteiger partial charge in [0.05, 0.1) is 11.9 Å². The van der Waals surface area contributed by atoms with Crippen molar-refractivity contribution in [2.75, 3.05) is 13.2 Å². The Kier molecular flexibility index (Phi) is 6.33. The van der Waals surface area contributed by atoms with Gasteiger partial charge in [-0.2, -0.15) is 0 Å². The van der Waals surface area contributed by atoms with E-state index in [2.05, 4.69) is 15.6 Å². The van der Waals surface area contributed by atoms with Crippen molar-refractivity contribution in [3.8, 4) is 5.75 Å². The van der Waals surface area contributed by atoms with Crippen LogP contribution in [-0.4, -0.2) is 45.3 Å². The lowest BCUT2D eigenvalue weighted by Gasteiger charge is -2.13. The summed E-state index contributed by atoms with van der Waals surface area (Å²) >= 11 is 0. The van der Waals surface area contributed by atoms with E-state index in [1.807, 2.05) is 25.1 Å². The predicted octanol–water partition coefficient (Wildman–Crippen LogP) is 1.48. The molecule has 0 bridgehead atoms. The highest BCUT2D eigenvalue weighted by Crippen LogP contribution is 2.14. The van der Waals surface area contributed by atoms with Gasteiger partial charge in [-0.1, -0.05) is 36.4 Å². The van der Waals surface area contributed by atoms with Gasteiger partial charge >= 0.3 is 5.97 Å². The van der Waals surface area contributed by atoms with E-state index in [1.54, 1.807) is 30.3 Å². The first-order chi connectivity index (χ1) is 13.6. The number of rotatable bonds is 9. The predicted molar refractivity (Wildman–Crippen MR) is 105 cm³/mol. The van der Waals surface area contributed by atoms with Gasteiger partial charge < -0.3 is 15.2 Å². The molecule has 0 radical (unpaired) electrons. The van der Waals surface area contributed by atoms with Crippen molar-refractivity contribution in [1.82, 2.24) is 20.3 Å². The number of carboxylic acid groups (broad SMARTS) is 1. The van der Waals surface area contributed by atoms with Crippen LogP contribution >= 0.6 is 0 Å². The molecule has 0 aliphatic carbocycles. The largest absolute Gasteiger partial charge is 0.492 e. The first kappa shape index (κ1) is 19.5. The van der Waals surface area contributed by atoms with Crippen LogP contribution in [0.1, 0.15) is 12.5 Å². The molecule has 28 heavy (non-hydrogen) atoms. The number of ether oxygens (including phenoxy) is 1. The molecule has 1 unspecified atom stereocenters. The second-order valence-electron chi connectivity index (χ2n) is 6.28. The van der Waals surface area contributed by atoms with Crippen molar-refractivity contribution >= 4 is 16.9 Å². The Hall–Kier alpha value is -3.26. The first-order valence-corrected chi connectivity index (χ1v) is 9.09. The monoisotopic (exact) mass is 382 g/mol. The van der Waals surface area contributed by atoms with Crippen molar-refractivity contribution in [2.24, 2.45) is 0 Å². The van der Waals surface area contributed by atoms with Gasteiger partial charge in [0.2, 0.25) is 0 Å². The number of hydrogen-bond acceptors (Lipinski definition) is 6. The fraction of sp³-hybridized carbons (Fsp3) is 0.300. The van der Waals surface area contributed by atoms with Crippen LogP contribution in [0.4, 0.5) is 0 Å². The third-order valence-electron chi connectivity index (χ3n) is 4.31. The number of aromatic nitrogens is 3. The van der Waals surface area contributed by atoms with Crippen LogP contribution in [0.15, 0.2) is 53.3 Å². The summed E-state index contributed by atoms with van der Waals surface area (Å²) in [6.07, 6.45) is 0.394. The van der Waals surface area contributed by atoms with Gasteiger partial charge in [0.15, 0.2) is 0 Å². The number of carboxylic acids is 1. The highest BCUT2D eigenvalue weighted by Gasteiger charge is 2.16. The molecule has 1 heterocycles. The molecule has 0 fully saturated rings. The zero-order valence-electron chi connectivity index (χ0n) is 15.5. The average Bonchev–Trinajstić information content (AvgIpc) is 2.70. The van der Waals surface area contributed by atoms with Crippen LogP contribution in [-0.2, 0) is 17.8 Å². The quantitative estimate of drug-likeness (QED) is 0.577. The lowest BCUT2D eigenvalue weighted by molar-refractivity contribution is -0.139. The van der Waals surface area contributed by atoms with Gasteiger partial charge in [-0.25, -0.2) is 4.68 Å². The third-order valence-corrected chi connectivity index (χ3v) is 4.31. The molecule has 0 saturated carbocycles. The van der Waals surface area contributed by atoms with E-state index in [1.165, 1.54) is 4.68 Å². The van der Waals surface area contributed by atoms with Gasteiger partial charge in [0.1, 0.15) is 23.9 Å². The molecule has 0 aliphatic heterocycles. The molecular weight excluding hydrogens is 360 g/mol. The molecule has 8 heteroatoms. The molecular formula is C20H22N4O4. The molecule has 8 nitrogen and oxygen atoms in total. The molecule has 0 spiro atoms. The molecule has 2 aromatic carbocycles. The maximum absolute atomic E-state index is 12.4. The van der Waals surface area contributed by atoms with Crippen LogP contribution in [0.2, 0.25) is 0 Å². The van der Waals surface area contributed by atoms with Crippen LogP contribution in [0.3, 0.4) is 0 Å². The molecule has 146 valence electrons. The summed E-state index contributed by atoms with van der Waals surface area (Å²) in [6, 6.07) is 13.7. The van der Waals surface area contributed by atoms with E-state index >= 15 is 0 Å². The summed E-state index contributed by atoms with van der Waals surface area (Å²) in [5, 5.41) is 20.6. The van der Waals surface area contributed by atoms with Crippen LogP contribution < -0.4 is 15.6 Å². The number of benzene rings is 2.